The third kappa shape index (κ3) is 40.5. The van der Waals surface area contributed by atoms with E-state index in [9.17, 15) is 9.59 Å². The van der Waals surface area contributed by atoms with Crippen molar-refractivity contribution in [3.05, 3.63) is 0 Å². The fraction of sp³-hybridized carbons (Fsp3) is 0.975. The number of piperazine rings is 4. The van der Waals surface area contributed by atoms with Crippen LogP contribution in [0.4, 0.5) is 4.79 Å². The normalized spacial score (nSPS) is 23.7. The van der Waals surface area contributed by atoms with Crippen LogP contribution in [-0.4, -0.2) is 381 Å². The zero-order valence-corrected chi connectivity index (χ0v) is 71.9. The number of hydrogen-bond donors (Lipinski definition) is 0. The zero-order valence-electron chi connectivity index (χ0n) is 71.0. The lowest BCUT2D eigenvalue weighted by Gasteiger charge is -2.41. The van der Waals surface area contributed by atoms with Crippen molar-refractivity contribution >= 4 is 23.8 Å². The fourth-order valence-electron chi connectivity index (χ4n) is 14.2. The quantitative estimate of drug-likeness (QED) is 0.174. The molecule has 9 heterocycles. The lowest BCUT2D eigenvalue weighted by atomic mass is 10.0. The van der Waals surface area contributed by atoms with E-state index in [-0.39, 0.29) is 12.0 Å². The number of carbonyl (C=O) groups is 2. The van der Waals surface area contributed by atoms with Crippen molar-refractivity contribution in [1.29, 1.82) is 0 Å². The summed E-state index contributed by atoms with van der Waals surface area (Å²) < 4.78 is 16.4. The van der Waals surface area contributed by atoms with Crippen molar-refractivity contribution in [1.82, 2.24) is 68.6 Å². The number of morpholine rings is 2. The van der Waals surface area contributed by atoms with Crippen LogP contribution in [0.15, 0.2) is 0 Å². The van der Waals surface area contributed by atoms with Gasteiger partial charge in [0.2, 0.25) is 5.91 Å². The Bertz CT molecular complexity index is 1980. The molecule has 0 aliphatic carbocycles. The molecule has 19 nitrogen and oxygen atoms in total. The van der Waals surface area contributed by atoms with Gasteiger partial charge in [0, 0.05) is 241 Å². The van der Waals surface area contributed by atoms with Gasteiger partial charge in [-0.25, -0.2) is 4.79 Å². The molecule has 2 amide bonds. The van der Waals surface area contributed by atoms with Gasteiger partial charge in [-0.2, -0.15) is 11.8 Å². The first-order valence-corrected chi connectivity index (χ1v) is 41.9. The van der Waals surface area contributed by atoms with Gasteiger partial charge < -0.3 is 43.6 Å². The van der Waals surface area contributed by atoms with Crippen LogP contribution in [0.25, 0.3) is 0 Å². The van der Waals surface area contributed by atoms with Gasteiger partial charge in [-0.1, -0.05) is 27.7 Å². The number of carbonyl (C=O) groups excluding carboxylic acids is 2. The second-order valence-corrected chi connectivity index (χ2v) is 35.6. The van der Waals surface area contributed by atoms with E-state index in [2.05, 4.69) is 230 Å². The van der Waals surface area contributed by atoms with Crippen LogP contribution in [0, 0.1) is 11.8 Å². The van der Waals surface area contributed by atoms with Crippen molar-refractivity contribution in [2.75, 3.05) is 223 Å². The van der Waals surface area contributed by atoms with Gasteiger partial charge in [-0.15, -0.1) is 0 Å². The molecule has 0 radical (unpaired) electrons. The van der Waals surface area contributed by atoms with Crippen molar-refractivity contribution in [3.8, 4) is 0 Å². The topological polar surface area (TPSA) is 107 Å². The summed E-state index contributed by atoms with van der Waals surface area (Å²) in [5.41, 5.74) is -0.397. The Morgan fingerprint density at radius 2 is 0.790 bits per heavy atom. The van der Waals surface area contributed by atoms with E-state index in [0.29, 0.717) is 36.2 Å². The van der Waals surface area contributed by atoms with Gasteiger partial charge in [0.05, 0.1) is 25.4 Å². The van der Waals surface area contributed by atoms with E-state index < -0.39 is 5.60 Å². The summed E-state index contributed by atoms with van der Waals surface area (Å²) in [6.45, 7) is 87.8. The van der Waals surface area contributed by atoms with Gasteiger partial charge in [0.15, 0.2) is 0 Å². The van der Waals surface area contributed by atoms with Gasteiger partial charge >= 0.3 is 6.09 Å². The first-order chi connectivity index (χ1) is 46.9. The summed E-state index contributed by atoms with van der Waals surface area (Å²) >= 11 is 2.07. The number of rotatable bonds is 13. The van der Waals surface area contributed by atoms with Crippen LogP contribution in [0.3, 0.4) is 0 Å². The molecule has 594 valence electrons. The highest BCUT2D eigenvalue weighted by molar-refractivity contribution is 7.99. The van der Waals surface area contributed by atoms with Crippen LogP contribution in [0.1, 0.15) is 199 Å². The predicted octanol–water partition coefficient (Wildman–Crippen LogP) is 11.0. The van der Waals surface area contributed by atoms with Gasteiger partial charge in [0.1, 0.15) is 5.60 Å². The minimum atomic E-state index is -0.397. The summed E-state index contributed by atoms with van der Waals surface area (Å²) in [5.74, 6) is 3.93. The van der Waals surface area contributed by atoms with Crippen molar-refractivity contribution in [3.63, 3.8) is 0 Å². The number of nitrogens with zero attached hydrogens (tertiary/aromatic N) is 14. The molecular formula is C80H168N14O5S. The molecule has 9 fully saturated rings. The molecule has 0 saturated carbocycles. The number of ether oxygens (including phenoxy) is 3. The molecule has 0 bridgehead atoms. The van der Waals surface area contributed by atoms with E-state index in [1.165, 1.54) is 136 Å². The Morgan fingerprint density at radius 1 is 0.440 bits per heavy atom. The molecule has 20 heteroatoms. The maximum atomic E-state index is 11.8. The van der Waals surface area contributed by atoms with Crippen molar-refractivity contribution in [2.24, 2.45) is 11.8 Å². The molecule has 9 rings (SSSR count). The first kappa shape index (κ1) is 94.6. The Kier molecular flexibility index (Phi) is 48.2. The second kappa shape index (κ2) is 51.0. The second-order valence-electron chi connectivity index (χ2n) is 34.3. The third-order valence-corrected chi connectivity index (χ3v) is 22.2. The van der Waals surface area contributed by atoms with Crippen LogP contribution in [0.5, 0.6) is 0 Å². The molecule has 0 aromatic heterocycles. The highest BCUT2D eigenvalue weighted by Crippen LogP contribution is 2.21. The molecule has 2 unspecified atom stereocenters. The molecule has 2 atom stereocenters. The smallest absolute Gasteiger partial charge is 0.410 e. The number of likely N-dealkylation sites (tertiary alicyclic amines) is 2. The number of thioether (sulfide) groups is 1. The zero-order chi connectivity index (χ0) is 75.4. The first-order valence-electron chi connectivity index (χ1n) is 40.7. The average Bonchev–Trinajstić information content (AvgIpc) is 0.886. The van der Waals surface area contributed by atoms with Crippen LogP contribution >= 0.6 is 11.8 Å². The Balaban J connectivity index is 0.000000391. The SMILES string of the molecule is CC(C)C(=O)N1CCC(N(C)C)CC1.CC(C)CN1CCN(C(C)C)CC1.CC(C)N1CCC(N2CCOCC2)CC1.CC(C)N1CCN(C(=O)OC(C)(C)C)CC1.CC(C)N1CCN(C(C)C)CC1.CC(C)N1CCN(C)CC1.CC(C)N1CCSCC1.CC1CN(C(C)C)CC(C)O1. The number of likely N-dealkylation sites (N-methyl/N-ethyl adjacent to an activating group) is 1. The fourth-order valence-corrected chi connectivity index (χ4v) is 15.2. The molecule has 0 N–H and O–H groups in total. The molecular weight excluding hydrogens is 1270 g/mol. The van der Waals surface area contributed by atoms with Gasteiger partial charge in [-0.3, -0.25) is 44.0 Å². The summed E-state index contributed by atoms with van der Waals surface area (Å²) in [6.07, 6.45) is 5.55. The van der Waals surface area contributed by atoms with E-state index in [4.69, 9.17) is 14.2 Å². The maximum absolute atomic E-state index is 11.8. The monoisotopic (exact) mass is 1440 g/mol. The van der Waals surface area contributed by atoms with Gasteiger partial charge in [0.25, 0.3) is 0 Å². The molecule has 100 heavy (non-hydrogen) atoms. The minimum Gasteiger partial charge on any atom is -0.444 e. The van der Waals surface area contributed by atoms with E-state index in [1.54, 1.807) is 4.90 Å². The Labute approximate surface area is 624 Å². The van der Waals surface area contributed by atoms with Crippen LogP contribution in [0.2, 0.25) is 0 Å². The minimum absolute atomic E-state index is 0.144. The number of hydrogen-bond acceptors (Lipinski definition) is 18. The van der Waals surface area contributed by atoms with E-state index in [0.717, 1.165) is 140 Å². The summed E-state index contributed by atoms with van der Waals surface area (Å²) in [4.78, 5) is 57.3. The molecule has 0 aromatic rings. The number of amides is 2. The third-order valence-electron chi connectivity index (χ3n) is 21.3. The van der Waals surface area contributed by atoms with Crippen LogP contribution in [-0.2, 0) is 19.0 Å². The molecule has 9 saturated heterocycles. The molecule has 9 aliphatic heterocycles. The largest absolute Gasteiger partial charge is 0.444 e. The number of piperidine rings is 2. The lowest BCUT2D eigenvalue weighted by molar-refractivity contribution is -0.135. The summed E-state index contributed by atoms with van der Waals surface area (Å²) in [7, 11) is 6.42. The summed E-state index contributed by atoms with van der Waals surface area (Å²) in [6, 6.07) is 7.06. The maximum Gasteiger partial charge on any atom is 0.410 e. The Morgan fingerprint density at radius 3 is 1.13 bits per heavy atom. The summed E-state index contributed by atoms with van der Waals surface area (Å²) in [5, 5.41) is 0. The van der Waals surface area contributed by atoms with Crippen molar-refractivity contribution in [2.45, 2.75) is 277 Å². The van der Waals surface area contributed by atoms with Crippen LogP contribution < -0.4 is 0 Å². The molecule has 9 aliphatic rings. The molecule has 0 aromatic carbocycles. The molecule has 0 spiro atoms. The lowest BCUT2D eigenvalue weighted by Crippen LogP contribution is -2.51. The highest BCUT2D eigenvalue weighted by Gasteiger charge is 2.30. The van der Waals surface area contributed by atoms with Crippen molar-refractivity contribution < 1.29 is 23.8 Å². The van der Waals surface area contributed by atoms with Gasteiger partial charge in [-0.05, 0) is 211 Å². The average molecular weight is 1440 g/mol. The predicted molar refractivity (Wildman–Crippen MR) is 431 cm³/mol. The highest BCUT2D eigenvalue weighted by atomic mass is 32.2. The van der Waals surface area contributed by atoms with E-state index >= 15 is 0 Å². The Hall–Kier alpha value is -1.47. The standard InChI is InChI=1S/C12H24N2O2.C12H24N2O.C11H22N2O.C11H24N2.C10H22N2.C9H19NO.C8H18N2.C7H15NS/c1-10(2)13-6-8-14(9-7-13)11(15)16-12(3,4)5;1-11(2)13-5-3-12(4-6-13)14-7-9-15-10-8-14;1-9(2)11(14)13-7-5-10(6-8-13)12(3)4;1-10(2)9-12-5-7-13(8-6-12)11(3)4;1-9(2)11-5-7-12(8-6-11)10(3)4;1-7(2)10-5-8(3)11-9(4)6-10;1-8(2)10-6-4-9(3)5-7-10;1-7(2)8-3-5-9-6-4-8/h10H,6-9H2,1-5H3;11-12H,3-10H2,1-2H3;9-10H,5-8H2,1-4H3;10-11H,5-9H2,1-4H3;9-10H,5-8H2,1-4H3;7-9H,5-6H2,1-4H3;8H,4-7H2,1-3H3;7H,3-6H2,1-2H3. The van der Waals surface area contributed by atoms with E-state index in [1.807, 2.05) is 39.5 Å².